The Morgan fingerprint density at radius 2 is 1.82 bits per heavy atom. The van der Waals surface area contributed by atoms with Crippen molar-refractivity contribution < 1.29 is 9.84 Å². The largest absolute Gasteiger partial charge is 0.393 e. The molecule has 5 rings (SSSR count). The summed E-state index contributed by atoms with van der Waals surface area (Å²) in [6, 6.07) is 0. The molecule has 0 aromatic carbocycles. The van der Waals surface area contributed by atoms with Crippen LogP contribution in [0.25, 0.3) is 0 Å². The van der Waals surface area contributed by atoms with Crippen molar-refractivity contribution in [1.29, 1.82) is 0 Å². The highest BCUT2D eigenvalue weighted by atomic mass is 16.5. The predicted molar refractivity (Wildman–Crippen MR) is 142 cm³/mol. The van der Waals surface area contributed by atoms with Gasteiger partial charge in [-0.05, 0) is 136 Å². The first kappa shape index (κ1) is 25.3. The molecule has 1 heterocycles. The molecule has 0 aromatic rings. The zero-order chi connectivity index (χ0) is 24.1. The van der Waals surface area contributed by atoms with E-state index in [9.17, 15) is 5.11 Å². The van der Waals surface area contributed by atoms with Gasteiger partial charge in [0.2, 0.25) is 0 Å². The fraction of sp³-hybridized carbons (Fsp3) is 0.938. The van der Waals surface area contributed by atoms with Crippen LogP contribution in [0.2, 0.25) is 0 Å². The summed E-state index contributed by atoms with van der Waals surface area (Å²) >= 11 is 0. The molecule has 1 saturated heterocycles. The van der Waals surface area contributed by atoms with Crippen molar-refractivity contribution in [3.05, 3.63) is 11.6 Å². The molecule has 4 aliphatic carbocycles. The van der Waals surface area contributed by atoms with Crippen molar-refractivity contribution >= 4 is 0 Å². The lowest BCUT2D eigenvalue weighted by molar-refractivity contribution is -0.0799. The minimum atomic E-state index is -0.127. The fourth-order valence-corrected chi connectivity index (χ4v) is 10.2. The van der Waals surface area contributed by atoms with E-state index in [-0.39, 0.29) is 6.10 Å². The summed E-state index contributed by atoms with van der Waals surface area (Å²) < 4.78 is 6.32. The molecule has 34 heavy (non-hydrogen) atoms. The Hall–Kier alpha value is -0.340. The third kappa shape index (κ3) is 4.36. The van der Waals surface area contributed by atoms with E-state index in [0.717, 1.165) is 48.5 Å². The van der Waals surface area contributed by atoms with Crippen molar-refractivity contribution in [3.63, 3.8) is 0 Å². The fourth-order valence-electron chi connectivity index (χ4n) is 10.2. The lowest BCUT2D eigenvalue weighted by Crippen LogP contribution is -2.51. The summed E-state index contributed by atoms with van der Waals surface area (Å²) in [4.78, 5) is 0. The van der Waals surface area contributed by atoms with Gasteiger partial charge in [0.05, 0.1) is 12.2 Å². The first-order chi connectivity index (χ1) is 16.2. The number of rotatable bonds is 6. The van der Waals surface area contributed by atoms with E-state index in [1.54, 1.807) is 0 Å². The van der Waals surface area contributed by atoms with Crippen LogP contribution in [-0.4, -0.2) is 23.9 Å². The Morgan fingerprint density at radius 3 is 2.56 bits per heavy atom. The minimum Gasteiger partial charge on any atom is -0.393 e. The lowest BCUT2D eigenvalue weighted by Gasteiger charge is -2.59. The van der Waals surface area contributed by atoms with Gasteiger partial charge in [-0.1, -0.05) is 46.3 Å². The molecule has 4 fully saturated rings. The molecule has 2 nitrogen and oxygen atoms in total. The van der Waals surface area contributed by atoms with Crippen molar-refractivity contribution in [2.75, 3.05) is 6.61 Å². The topological polar surface area (TPSA) is 29.5 Å². The Labute approximate surface area is 210 Å². The van der Waals surface area contributed by atoms with Crippen LogP contribution in [-0.2, 0) is 4.74 Å². The maximum atomic E-state index is 10.4. The van der Waals surface area contributed by atoms with Gasteiger partial charge in [-0.15, -0.1) is 0 Å². The van der Waals surface area contributed by atoms with Crippen LogP contribution in [0.3, 0.4) is 0 Å². The minimum absolute atomic E-state index is 0.127. The number of fused-ring (bicyclic) bond motifs is 5. The normalized spacial score (nSPS) is 46.3. The monoisotopic (exact) mass is 470 g/mol. The molecule has 6 unspecified atom stereocenters. The van der Waals surface area contributed by atoms with E-state index in [4.69, 9.17) is 4.74 Å². The first-order valence-corrected chi connectivity index (χ1v) is 15.2. The van der Waals surface area contributed by atoms with Crippen molar-refractivity contribution in [2.24, 2.45) is 52.3 Å². The zero-order valence-corrected chi connectivity index (χ0v) is 23.0. The molecule has 0 amide bonds. The van der Waals surface area contributed by atoms with Crippen LogP contribution in [0.15, 0.2) is 11.6 Å². The molecule has 194 valence electrons. The maximum absolute atomic E-state index is 10.4. The highest BCUT2D eigenvalue weighted by molar-refractivity contribution is 5.25. The number of hydrogen-bond donors (Lipinski definition) is 1. The second-order valence-electron chi connectivity index (χ2n) is 14.3. The highest BCUT2D eigenvalue weighted by Crippen LogP contribution is 2.68. The zero-order valence-electron chi connectivity index (χ0n) is 23.0. The maximum Gasteiger partial charge on any atom is 0.0603 e. The Balaban J connectivity index is 1.29. The summed E-state index contributed by atoms with van der Waals surface area (Å²) in [5.74, 6) is 5.48. The molecule has 0 aromatic heterocycles. The molecule has 5 aliphatic rings. The molecular formula is C32H54O2. The molecule has 1 N–H and O–H groups in total. The van der Waals surface area contributed by atoms with Crippen LogP contribution >= 0.6 is 0 Å². The first-order valence-electron chi connectivity index (χ1n) is 15.2. The summed E-state index contributed by atoms with van der Waals surface area (Å²) in [5, 5.41) is 10.4. The second kappa shape index (κ2) is 9.85. The average molecular weight is 471 g/mol. The average Bonchev–Trinajstić information content (AvgIpc) is 3.19. The van der Waals surface area contributed by atoms with Gasteiger partial charge >= 0.3 is 0 Å². The Kier molecular flexibility index (Phi) is 7.33. The molecule has 2 heteroatoms. The lowest BCUT2D eigenvalue weighted by atomic mass is 9.46. The van der Waals surface area contributed by atoms with Gasteiger partial charge in [0.25, 0.3) is 0 Å². The second-order valence-corrected chi connectivity index (χ2v) is 14.3. The molecule has 0 bridgehead atoms. The number of allylic oxidation sites excluding steroid dienone is 2. The summed E-state index contributed by atoms with van der Waals surface area (Å²) in [7, 11) is 0. The van der Waals surface area contributed by atoms with Gasteiger partial charge in [0, 0.05) is 6.61 Å². The van der Waals surface area contributed by atoms with E-state index < -0.39 is 0 Å². The summed E-state index contributed by atoms with van der Waals surface area (Å²) in [5.41, 5.74) is 2.78. The van der Waals surface area contributed by atoms with Gasteiger partial charge in [-0.2, -0.15) is 0 Å². The number of aliphatic hydroxyl groups is 1. The van der Waals surface area contributed by atoms with E-state index in [1.807, 2.05) is 5.57 Å². The summed E-state index contributed by atoms with van der Waals surface area (Å²) in [6.07, 6.45) is 20.5. The highest BCUT2D eigenvalue weighted by Gasteiger charge is 2.59. The van der Waals surface area contributed by atoms with Crippen LogP contribution < -0.4 is 0 Å². The smallest absolute Gasteiger partial charge is 0.0603 e. The standard InChI is InChI=1S/C32H54O2/c1-21(2)29(33)16-9-22(3)26-14-15-27-25-13-12-24-11-10-23(30-8-6-7-19-34-30)20-32(24,5)28(25)17-18-31(26,27)4/h12,21-23,25-30,33H,6-11,13-20H2,1-5H3/t22-,23?,25?,26-,27?,28?,29?,30?,31-,32+/m1/s1. The van der Waals surface area contributed by atoms with Gasteiger partial charge in [0.1, 0.15) is 0 Å². The van der Waals surface area contributed by atoms with Crippen LogP contribution in [0.4, 0.5) is 0 Å². The van der Waals surface area contributed by atoms with Gasteiger partial charge in [-0.3, -0.25) is 0 Å². The van der Waals surface area contributed by atoms with Gasteiger partial charge < -0.3 is 9.84 Å². The molecule has 3 saturated carbocycles. The van der Waals surface area contributed by atoms with E-state index in [2.05, 4.69) is 40.7 Å². The van der Waals surface area contributed by atoms with Crippen LogP contribution in [0.5, 0.6) is 0 Å². The van der Waals surface area contributed by atoms with Gasteiger partial charge in [-0.25, -0.2) is 0 Å². The van der Waals surface area contributed by atoms with Gasteiger partial charge in [0.15, 0.2) is 0 Å². The predicted octanol–water partition coefficient (Wildman–Crippen LogP) is 8.18. The molecule has 0 radical (unpaired) electrons. The van der Waals surface area contributed by atoms with Crippen LogP contribution in [0, 0.1) is 52.3 Å². The van der Waals surface area contributed by atoms with Crippen molar-refractivity contribution in [1.82, 2.24) is 0 Å². The van der Waals surface area contributed by atoms with E-state index in [1.165, 1.54) is 77.0 Å². The van der Waals surface area contributed by atoms with E-state index >= 15 is 0 Å². The Morgan fingerprint density at radius 1 is 1.00 bits per heavy atom. The van der Waals surface area contributed by atoms with Crippen molar-refractivity contribution in [3.8, 4) is 0 Å². The quantitative estimate of drug-likeness (QED) is 0.397. The molecular weight excluding hydrogens is 416 g/mol. The number of ether oxygens (including phenoxy) is 1. The molecule has 1 aliphatic heterocycles. The molecule has 0 spiro atoms. The van der Waals surface area contributed by atoms with E-state index in [0.29, 0.717) is 22.9 Å². The third-order valence-corrected chi connectivity index (χ3v) is 12.3. The molecule has 10 atom stereocenters. The number of hydrogen-bond acceptors (Lipinski definition) is 2. The Bertz CT molecular complexity index is 735. The van der Waals surface area contributed by atoms with Crippen molar-refractivity contribution in [2.45, 2.75) is 130 Å². The SMILES string of the molecule is CC(C)C(O)CC[C@@H](C)[C@H]1CCC2C3CC=C4CCC(C5CCCCO5)C[C@]4(C)C3CC[C@@]21C. The van der Waals surface area contributed by atoms with Crippen LogP contribution in [0.1, 0.15) is 118 Å². The number of aliphatic hydroxyl groups excluding tert-OH is 1. The summed E-state index contributed by atoms with van der Waals surface area (Å²) in [6.45, 7) is 13.2. The third-order valence-electron chi connectivity index (χ3n) is 12.3.